The lowest BCUT2D eigenvalue weighted by molar-refractivity contribution is -0.122. The normalized spacial score (nSPS) is 17.1. The Hall–Kier alpha value is -1.80. The third-order valence-corrected chi connectivity index (χ3v) is 5.77. The highest BCUT2D eigenvalue weighted by Crippen LogP contribution is 2.37. The van der Waals surface area contributed by atoms with E-state index in [1.807, 2.05) is 37.3 Å². The van der Waals surface area contributed by atoms with Crippen LogP contribution in [0.15, 0.2) is 56.8 Å². The van der Waals surface area contributed by atoms with Gasteiger partial charge < -0.3 is 9.84 Å². The first-order valence-electron chi connectivity index (χ1n) is 8.60. The number of phenolic OH excluding ortho intramolecular Hbond substituents is 1. The zero-order valence-electron chi connectivity index (χ0n) is 15.1. The monoisotopic (exact) mass is 480 g/mol. The molecule has 146 valence electrons. The van der Waals surface area contributed by atoms with E-state index in [1.165, 1.54) is 11.8 Å². The Bertz CT molecular complexity index is 911. The number of thioether (sulfide) groups is 1. The molecule has 1 aliphatic rings. The summed E-state index contributed by atoms with van der Waals surface area (Å²) in [6.07, 6.45) is 1.74. The summed E-state index contributed by atoms with van der Waals surface area (Å²) < 4.78 is 5.88. The highest BCUT2D eigenvalue weighted by Gasteiger charge is 2.33. The average Bonchev–Trinajstić information content (AvgIpc) is 2.96. The van der Waals surface area contributed by atoms with Crippen molar-refractivity contribution in [3.05, 3.63) is 62.4 Å². The van der Waals surface area contributed by atoms with Crippen molar-refractivity contribution in [2.45, 2.75) is 6.92 Å². The maximum atomic E-state index is 12.9. The summed E-state index contributed by atoms with van der Waals surface area (Å²) in [6.45, 7) is 3.35. The summed E-state index contributed by atoms with van der Waals surface area (Å²) in [6, 6.07) is 12.8. The molecule has 0 aliphatic carbocycles. The number of carbonyl (C=O) groups excluding carboxylic acids is 1. The predicted molar refractivity (Wildman–Crippen MR) is 118 cm³/mol. The first-order valence-corrected chi connectivity index (χ1v) is 10.6. The van der Waals surface area contributed by atoms with E-state index in [1.54, 1.807) is 23.1 Å². The van der Waals surface area contributed by atoms with Crippen LogP contribution in [0, 0.1) is 0 Å². The van der Waals surface area contributed by atoms with Crippen molar-refractivity contribution in [2.24, 2.45) is 4.99 Å². The quantitative estimate of drug-likeness (QED) is 0.440. The van der Waals surface area contributed by atoms with Gasteiger partial charge in [0.25, 0.3) is 5.91 Å². The molecule has 0 radical (unpaired) electrons. The van der Waals surface area contributed by atoms with E-state index in [0.717, 1.165) is 5.69 Å². The SMILES string of the molecule is CCOCCN1C(=O)/C(=C/c2cc(Cl)c(O)c(Br)c2)SC1=Nc1ccccc1. The van der Waals surface area contributed by atoms with E-state index in [-0.39, 0.29) is 16.7 Å². The molecule has 0 bridgehead atoms. The second-order valence-electron chi connectivity index (χ2n) is 5.83. The van der Waals surface area contributed by atoms with Crippen LogP contribution in [-0.4, -0.2) is 40.8 Å². The lowest BCUT2D eigenvalue weighted by atomic mass is 10.2. The maximum Gasteiger partial charge on any atom is 0.266 e. The summed E-state index contributed by atoms with van der Waals surface area (Å²) in [5, 5.41) is 10.6. The van der Waals surface area contributed by atoms with E-state index in [9.17, 15) is 9.90 Å². The molecule has 0 aromatic heterocycles. The number of para-hydroxylation sites is 1. The predicted octanol–water partition coefficient (Wildman–Crippen LogP) is 5.45. The summed E-state index contributed by atoms with van der Waals surface area (Å²) >= 11 is 10.6. The zero-order valence-corrected chi connectivity index (χ0v) is 18.2. The molecule has 1 fully saturated rings. The zero-order chi connectivity index (χ0) is 20.1. The minimum absolute atomic E-state index is 0.0288. The van der Waals surface area contributed by atoms with Crippen molar-refractivity contribution in [3.8, 4) is 5.75 Å². The summed E-state index contributed by atoms with van der Waals surface area (Å²) in [5.41, 5.74) is 1.48. The van der Waals surface area contributed by atoms with Gasteiger partial charge in [0.15, 0.2) is 5.17 Å². The highest BCUT2D eigenvalue weighted by molar-refractivity contribution is 9.10. The molecule has 2 aromatic carbocycles. The molecule has 0 saturated carbocycles. The van der Waals surface area contributed by atoms with Crippen LogP contribution in [-0.2, 0) is 9.53 Å². The van der Waals surface area contributed by atoms with Gasteiger partial charge in [-0.15, -0.1) is 0 Å². The second kappa shape index (κ2) is 9.60. The van der Waals surface area contributed by atoms with Gasteiger partial charge in [-0.2, -0.15) is 0 Å². The van der Waals surface area contributed by atoms with Gasteiger partial charge in [0.1, 0.15) is 5.75 Å². The number of amides is 1. The number of hydrogen-bond donors (Lipinski definition) is 1. The largest absolute Gasteiger partial charge is 0.505 e. The number of amidine groups is 1. The van der Waals surface area contributed by atoms with Crippen LogP contribution in [0.2, 0.25) is 5.02 Å². The smallest absolute Gasteiger partial charge is 0.266 e. The first-order chi connectivity index (χ1) is 13.5. The number of halogens is 2. The molecule has 5 nitrogen and oxygen atoms in total. The number of phenols is 1. The number of rotatable bonds is 6. The Kier molecular flexibility index (Phi) is 7.18. The van der Waals surface area contributed by atoms with E-state index in [2.05, 4.69) is 20.9 Å². The van der Waals surface area contributed by atoms with Gasteiger partial charge in [-0.05, 0) is 70.5 Å². The first kappa shape index (κ1) is 20.9. The third-order valence-electron chi connectivity index (χ3n) is 3.87. The number of aliphatic imine (C=N–C) groups is 1. The Balaban J connectivity index is 1.93. The topological polar surface area (TPSA) is 62.1 Å². The average molecular weight is 482 g/mol. The molecule has 1 aliphatic heterocycles. The lowest BCUT2D eigenvalue weighted by Crippen LogP contribution is -2.32. The molecular formula is C20H18BrClN2O3S. The van der Waals surface area contributed by atoms with Gasteiger partial charge in [0.05, 0.1) is 33.2 Å². The summed E-state index contributed by atoms with van der Waals surface area (Å²) in [5.74, 6) is -0.168. The molecule has 1 heterocycles. The Morgan fingerprint density at radius 2 is 2.07 bits per heavy atom. The standard InChI is InChI=1S/C20H18BrClN2O3S/c1-2-27-9-8-24-19(26)17(12-13-10-15(21)18(25)16(22)11-13)28-20(24)23-14-6-4-3-5-7-14/h3-7,10-12,25H,2,8-9H2,1H3/b17-12-,23-20?. The van der Waals surface area contributed by atoms with Gasteiger partial charge in [-0.1, -0.05) is 29.8 Å². The van der Waals surface area contributed by atoms with Crippen molar-refractivity contribution in [3.63, 3.8) is 0 Å². The number of ether oxygens (including phenoxy) is 1. The third kappa shape index (κ3) is 4.97. The van der Waals surface area contributed by atoms with Crippen LogP contribution in [0.3, 0.4) is 0 Å². The lowest BCUT2D eigenvalue weighted by Gasteiger charge is -2.15. The molecule has 0 unspecified atom stereocenters. The van der Waals surface area contributed by atoms with Crippen molar-refractivity contribution >= 4 is 62.1 Å². The number of nitrogens with zero attached hydrogens (tertiary/aromatic N) is 2. The number of hydrogen-bond acceptors (Lipinski definition) is 5. The molecule has 1 saturated heterocycles. The Morgan fingerprint density at radius 1 is 1.32 bits per heavy atom. The number of benzene rings is 2. The minimum atomic E-state index is -0.139. The van der Waals surface area contributed by atoms with E-state index < -0.39 is 0 Å². The molecule has 0 atom stereocenters. The van der Waals surface area contributed by atoms with Gasteiger partial charge in [0.2, 0.25) is 0 Å². The molecule has 8 heteroatoms. The Labute approximate surface area is 181 Å². The van der Waals surface area contributed by atoms with Crippen molar-refractivity contribution in [1.29, 1.82) is 0 Å². The van der Waals surface area contributed by atoms with Gasteiger partial charge >= 0.3 is 0 Å². The molecule has 28 heavy (non-hydrogen) atoms. The maximum absolute atomic E-state index is 12.9. The summed E-state index contributed by atoms with van der Waals surface area (Å²) in [4.78, 5) is 19.7. The van der Waals surface area contributed by atoms with Crippen molar-refractivity contribution in [1.82, 2.24) is 4.90 Å². The van der Waals surface area contributed by atoms with E-state index in [4.69, 9.17) is 16.3 Å². The fourth-order valence-electron chi connectivity index (χ4n) is 2.52. The fourth-order valence-corrected chi connectivity index (χ4v) is 4.37. The highest BCUT2D eigenvalue weighted by atomic mass is 79.9. The van der Waals surface area contributed by atoms with E-state index >= 15 is 0 Å². The number of carbonyl (C=O) groups is 1. The van der Waals surface area contributed by atoms with Gasteiger partial charge in [0, 0.05) is 6.61 Å². The van der Waals surface area contributed by atoms with Gasteiger partial charge in [-0.3, -0.25) is 9.69 Å². The molecular weight excluding hydrogens is 464 g/mol. The van der Waals surface area contributed by atoms with Crippen molar-refractivity contribution < 1.29 is 14.6 Å². The summed E-state index contributed by atoms with van der Waals surface area (Å²) in [7, 11) is 0. The van der Waals surface area contributed by atoms with Crippen LogP contribution in [0.5, 0.6) is 5.75 Å². The van der Waals surface area contributed by atoms with Gasteiger partial charge in [-0.25, -0.2) is 4.99 Å². The second-order valence-corrected chi connectivity index (χ2v) is 8.10. The van der Waals surface area contributed by atoms with Crippen LogP contribution >= 0.6 is 39.3 Å². The Morgan fingerprint density at radius 3 is 2.75 bits per heavy atom. The van der Waals surface area contributed by atoms with Crippen LogP contribution in [0.4, 0.5) is 5.69 Å². The molecule has 2 aromatic rings. The number of aromatic hydroxyl groups is 1. The van der Waals surface area contributed by atoms with E-state index in [0.29, 0.717) is 39.9 Å². The molecule has 0 spiro atoms. The molecule has 1 amide bonds. The van der Waals surface area contributed by atoms with Crippen LogP contribution < -0.4 is 0 Å². The minimum Gasteiger partial charge on any atom is -0.505 e. The van der Waals surface area contributed by atoms with Crippen LogP contribution in [0.25, 0.3) is 6.08 Å². The fraction of sp³-hybridized carbons (Fsp3) is 0.200. The van der Waals surface area contributed by atoms with Crippen LogP contribution in [0.1, 0.15) is 12.5 Å². The molecule has 3 rings (SSSR count). The van der Waals surface area contributed by atoms with Crippen molar-refractivity contribution in [2.75, 3.05) is 19.8 Å². The molecule has 1 N–H and O–H groups in total.